The van der Waals surface area contributed by atoms with E-state index in [2.05, 4.69) is 44.0 Å². The lowest BCUT2D eigenvalue weighted by molar-refractivity contribution is -0.111. The number of nitrogens with one attached hydrogen (secondary N) is 2. The number of carbonyl (C=O) groups is 2. The molecule has 1 fully saturated rings. The number of carbonyl (C=O) groups excluding carboxylic acids is 2. The fraction of sp³-hybridized carbons (Fsp3) is 0.286. The average molecular weight is 516 g/mol. The molecule has 10 heteroatoms. The molecule has 2 aromatic carbocycles. The molecule has 0 atom stereocenters. The maximum absolute atomic E-state index is 12.2. The number of hydrogen-bond donors (Lipinski definition) is 3. The Morgan fingerprint density at radius 1 is 1.11 bits per heavy atom. The number of anilines is 4. The van der Waals surface area contributed by atoms with Crippen molar-refractivity contribution in [2.75, 3.05) is 48.8 Å². The number of piperazine rings is 1. The Balaban J connectivity index is 1.60. The van der Waals surface area contributed by atoms with E-state index in [0.29, 0.717) is 23.6 Å². The average Bonchev–Trinajstić information content (AvgIpc) is 2.91. The van der Waals surface area contributed by atoms with E-state index in [-0.39, 0.29) is 23.3 Å². The van der Waals surface area contributed by atoms with E-state index < -0.39 is 5.91 Å². The number of aryl methyl sites for hydroxylation is 2. The summed E-state index contributed by atoms with van der Waals surface area (Å²) in [6.07, 6.45) is 1.67. The highest BCUT2D eigenvalue weighted by Gasteiger charge is 2.20. The van der Waals surface area contributed by atoms with E-state index in [1.54, 1.807) is 12.1 Å². The number of hydrogen-bond acceptors (Lipinski definition) is 8. The van der Waals surface area contributed by atoms with Crippen molar-refractivity contribution in [2.24, 2.45) is 5.73 Å². The van der Waals surface area contributed by atoms with Crippen LogP contribution in [0.15, 0.2) is 55.1 Å². The standard InChI is InChI=1S/C28H33N7O3/c1-5-22-28(38-21-12-7-18(3)23(17-21)31-24(36)6-2)33-27(25(32-22)26(29)37)30-19-8-10-20(11-9-19)35-15-13-34(4)14-16-35/h6-12,17H,2,5,13-16H2,1,3-4H3,(H2,29,37)(H,30,33)(H,31,36). The number of nitrogens with two attached hydrogens (primary N) is 1. The molecular formula is C28H33N7O3. The van der Waals surface area contributed by atoms with Crippen LogP contribution in [0.4, 0.5) is 22.9 Å². The molecule has 4 N–H and O–H groups in total. The van der Waals surface area contributed by atoms with Gasteiger partial charge in [-0.2, -0.15) is 4.98 Å². The number of ether oxygens (including phenoxy) is 1. The lowest BCUT2D eigenvalue weighted by Gasteiger charge is -2.34. The molecule has 0 unspecified atom stereocenters. The van der Waals surface area contributed by atoms with Crippen molar-refractivity contribution in [2.45, 2.75) is 20.3 Å². The second-order valence-corrected chi connectivity index (χ2v) is 9.12. The van der Waals surface area contributed by atoms with Crippen LogP contribution in [-0.4, -0.2) is 59.9 Å². The maximum atomic E-state index is 12.2. The minimum absolute atomic E-state index is 0.0279. The van der Waals surface area contributed by atoms with Crippen molar-refractivity contribution in [3.63, 3.8) is 0 Å². The summed E-state index contributed by atoms with van der Waals surface area (Å²) in [6.45, 7) is 11.2. The molecule has 0 bridgehead atoms. The molecule has 0 radical (unpaired) electrons. The Bertz CT molecular complexity index is 1330. The van der Waals surface area contributed by atoms with Crippen molar-refractivity contribution in [1.29, 1.82) is 0 Å². The summed E-state index contributed by atoms with van der Waals surface area (Å²) in [5, 5.41) is 5.93. The zero-order valence-corrected chi connectivity index (χ0v) is 22.0. The summed E-state index contributed by atoms with van der Waals surface area (Å²) in [5.74, 6) is -0.133. The first-order valence-electron chi connectivity index (χ1n) is 12.5. The van der Waals surface area contributed by atoms with Crippen LogP contribution in [0.3, 0.4) is 0 Å². The minimum Gasteiger partial charge on any atom is -0.437 e. The van der Waals surface area contributed by atoms with E-state index in [1.165, 1.54) is 6.08 Å². The molecular weight excluding hydrogens is 482 g/mol. The molecule has 1 aliphatic heterocycles. The van der Waals surface area contributed by atoms with Crippen molar-refractivity contribution in [1.82, 2.24) is 14.9 Å². The zero-order chi connectivity index (χ0) is 27.2. The van der Waals surface area contributed by atoms with Gasteiger partial charge in [0, 0.05) is 49.3 Å². The summed E-state index contributed by atoms with van der Waals surface area (Å²) >= 11 is 0. The summed E-state index contributed by atoms with van der Waals surface area (Å²) in [7, 11) is 2.13. The molecule has 38 heavy (non-hydrogen) atoms. The first kappa shape index (κ1) is 26.6. The molecule has 198 valence electrons. The number of primary amides is 1. The lowest BCUT2D eigenvalue weighted by atomic mass is 10.2. The predicted octanol–water partition coefficient (Wildman–Crippen LogP) is 3.86. The second-order valence-electron chi connectivity index (χ2n) is 9.12. The monoisotopic (exact) mass is 515 g/mol. The maximum Gasteiger partial charge on any atom is 0.271 e. The Hall–Kier alpha value is -4.44. The van der Waals surface area contributed by atoms with E-state index in [0.717, 1.165) is 43.1 Å². The third kappa shape index (κ3) is 6.27. The summed E-state index contributed by atoms with van der Waals surface area (Å²) in [4.78, 5) is 37.7. The molecule has 4 rings (SSSR count). The Morgan fingerprint density at radius 2 is 1.82 bits per heavy atom. The first-order valence-corrected chi connectivity index (χ1v) is 12.5. The third-order valence-corrected chi connectivity index (χ3v) is 6.36. The SMILES string of the molecule is C=CC(=O)Nc1cc(Oc2nc(Nc3ccc(N4CCN(C)CC4)cc3)c(C(N)=O)nc2CC)ccc1C. The lowest BCUT2D eigenvalue weighted by Crippen LogP contribution is -2.44. The largest absolute Gasteiger partial charge is 0.437 e. The fourth-order valence-corrected chi connectivity index (χ4v) is 4.08. The minimum atomic E-state index is -0.694. The van der Waals surface area contributed by atoms with Gasteiger partial charge in [-0.1, -0.05) is 19.6 Å². The van der Waals surface area contributed by atoms with Crippen LogP contribution >= 0.6 is 0 Å². The van der Waals surface area contributed by atoms with Crippen LogP contribution in [0.2, 0.25) is 0 Å². The van der Waals surface area contributed by atoms with E-state index in [9.17, 15) is 9.59 Å². The fourth-order valence-electron chi connectivity index (χ4n) is 4.08. The molecule has 0 saturated carbocycles. The highest BCUT2D eigenvalue weighted by molar-refractivity contribution is 5.99. The molecule has 3 aromatic rings. The van der Waals surface area contributed by atoms with Crippen LogP contribution in [0, 0.1) is 6.92 Å². The van der Waals surface area contributed by atoms with Gasteiger partial charge in [-0.05, 0) is 62.4 Å². The molecule has 2 amide bonds. The predicted molar refractivity (Wildman–Crippen MR) is 149 cm³/mol. The molecule has 2 heterocycles. The van der Waals surface area contributed by atoms with Gasteiger partial charge in [-0.15, -0.1) is 0 Å². The molecule has 1 aliphatic rings. The normalized spacial score (nSPS) is 13.6. The van der Waals surface area contributed by atoms with Gasteiger partial charge in [-0.3, -0.25) is 9.59 Å². The summed E-state index contributed by atoms with van der Waals surface area (Å²) < 4.78 is 6.08. The van der Waals surface area contributed by atoms with E-state index >= 15 is 0 Å². The van der Waals surface area contributed by atoms with Gasteiger partial charge in [0.2, 0.25) is 11.8 Å². The summed E-state index contributed by atoms with van der Waals surface area (Å²) in [6, 6.07) is 13.2. The van der Waals surface area contributed by atoms with Crippen molar-refractivity contribution < 1.29 is 14.3 Å². The summed E-state index contributed by atoms with van der Waals surface area (Å²) in [5.41, 5.74) is 9.47. The molecule has 0 aliphatic carbocycles. The second kappa shape index (κ2) is 11.7. The third-order valence-electron chi connectivity index (χ3n) is 6.36. The van der Waals surface area contributed by atoms with Crippen LogP contribution in [0.25, 0.3) is 0 Å². The van der Waals surface area contributed by atoms with Crippen molar-refractivity contribution in [3.8, 4) is 11.6 Å². The van der Waals surface area contributed by atoms with Gasteiger partial charge in [0.05, 0.1) is 0 Å². The van der Waals surface area contributed by atoms with E-state index in [4.69, 9.17) is 10.5 Å². The topological polar surface area (TPSA) is 126 Å². The number of benzene rings is 2. The number of amides is 2. The zero-order valence-electron chi connectivity index (χ0n) is 22.0. The Morgan fingerprint density at radius 3 is 2.45 bits per heavy atom. The number of rotatable bonds is 9. The van der Waals surface area contributed by atoms with Gasteiger partial charge >= 0.3 is 0 Å². The van der Waals surface area contributed by atoms with Gasteiger partial charge in [-0.25, -0.2) is 4.98 Å². The van der Waals surface area contributed by atoms with Crippen LogP contribution in [0.5, 0.6) is 11.6 Å². The van der Waals surface area contributed by atoms with Gasteiger partial charge < -0.3 is 30.9 Å². The van der Waals surface area contributed by atoms with Gasteiger partial charge in [0.1, 0.15) is 11.4 Å². The van der Waals surface area contributed by atoms with E-state index in [1.807, 2.05) is 44.2 Å². The quantitative estimate of drug-likeness (QED) is 0.367. The Kier molecular flexibility index (Phi) is 8.22. The van der Waals surface area contributed by atoms with Crippen molar-refractivity contribution >= 4 is 34.7 Å². The van der Waals surface area contributed by atoms with Crippen LogP contribution in [0.1, 0.15) is 28.7 Å². The highest BCUT2D eigenvalue weighted by atomic mass is 16.5. The number of nitrogens with zero attached hydrogens (tertiary/aromatic N) is 4. The highest BCUT2D eigenvalue weighted by Crippen LogP contribution is 2.30. The van der Waals surface area contributed by atoms with Crippen LogP contribution in [-0.2, 0) is 11.2 Å². The first-order chi connectivity index (χ1) is 18.3. The van der Waals surface area contributed by atoms with Crippen LogP contribution < -0.4 is 26.0 Å². The number of likely N-dealkylation sites (N-methyl/N-ethyl adjacent to an activating group) is 1. The van der Waals surface area contributed by atoms with Gasteiger partial charge in [0.15, 0.2) is 11.5 Å². The smallest absolute Gasteiger partial charge is 0.271 e. The molecule has 1 saturated heterocycles. The molecule has 10 nitrogen and oxygen atoms in total. The number of aromatic nitrogens is 2. The molecule has 1 aromatic heterocycles. The Labute approximate surface area is 222 Å². The van der Waals surface area contributed by atoms with Gasteiger partial charge in [0.25, 0.3) is 5.91 Å². The van der Waals surface area contributed by atoms with Crippen molar-refractivity contribution in [3.05, 3.63) is 72.1 Å². The molecule has 0 spiro atoms.